The Hall–Kier alpha value is -0.780. The number of halogens is 4. The highest BCUT2D eigenvalue weighted by Gasteiger charge is 2.27. The smallest absolute Gasteiger partial charge is 0.346 e. The van der Waals surface area contributed by atoms with Gasteiger partial charge in [-0.1, -0.05) is 0 Å². The van der Waals surface area contributed by atoms with Gasteiger partial charge in [0.25, 0.3) is 0 Å². The summed E-state index contributed by atoms with van der Waals surface area (Å²) < 4.78 is 47.9. The van der Waals surface area contributed by atoms with Crippen LogP contribution in [0.4, 0.5) is 17.6 Å². The van der Waals surface area contributed by atoms with Crippen LogP contribution in [0.3, 0.4) is 0 Å². The van der Waals surface area contributed by atoms with Gasteiger partial charge in [0.2, 0.25) is 0 Å². The van der Waals surface area contributed by atoms with Gasteiger partial charge >= 0.3 is 6.18 Å². The molecular formula is C7H10F4N2. The average molecular weight is 198 g/mol. The number of hydrogen-bond donors (Lipinski definition) is 1. The van der Waals surface area contributed by atoms with Crippen LogP contribution in [0.25, 0.3) is 0 Å². The van der Waals surface area contributed by atoms with Gasteiger partial charge in [0, 0.05) is 26.2 Å². The minimum absolute atomic E-state index is 0.276. The van der Waals surface area contributed by atoms with E-state index in [0.717, 1.165) is 4.90 Å². The van der Waals surface area contributed by atoms with Crippen molar-refractivity contribution in [3.05, 3.63) is 12.0 Å². The Balaban J connectivity index is 2.54. The summed E-state index contributed by atoms with van der Waals surface area (Å²) in [7, 11) is 0. The Morgan fingerprint density at radius 3 is 2.23 bits per heavy atom. The van der Waals surface area contributed by atoms with Crippen molar-refractivity contribution < 1.29 is 17.6 Å². The van der Waals surface area contributed by atoms with Crippen LogP contribution in [-0.2, 0) is 0 Å². The maximum Gasteiger partial charge on any atom is 0.414 e. The molecule has 1 rings (SSSR count). The second-order valence-electron chi connectivity index (χ2n) is 2.75. The Labute approximate surface area is 73.2 Å². The van der Waals surface area contributed by atoms with Gasteiger partial charge in [-0.2, -0.15) is 17.6 Å². The van der Waals surface area contributed by atoms with E-state index < -0.39 is 12.1 Å². The minimum atomic E-state index is -4.57. The van der Waals surface area contributed by atoms with Crippen LogP contribution in [0, 0.1) is 0 Å². The first-order valence-corrected chi connectivity index (χ1v) is 3.90. The molecule has 1 aliphatic rings. The SMILES string of the molecule is FC(=CC(F)(F)F)N1CCNCC1. The van der Waals surface area contributed by atoms with Gasteiger partial charge < -0.3 is 10.2 Å². The maximum absolute atomic E-state index is 12.8. The largest absolute Gasteiger partial charge is 0.414 e. The summed E-state index contributed by atoms with van der Waals surface area (Å²) in [4.78, 5) is 1.07. The molecule has 0 amide bonds. The van der Waals surface area contributed by atoms with Gasteiger partial charge in [0.15, 0.2) is 5.95 Å². The predicted octanol–water partition coefficient (Wildman–Crippen LogP) is 1.26. The fourth-order valence-electron chi connectivity index (χ4n) is 1.10. The first-order valence-electron chi connectivity index (χ1n) is 3.90. The van der Waals surface area contributed by atoms with E-state index in [-0.39, 0.29) is 19.2 Å². The maximum atomic E-state index is 12.8. The normalized spacial score (nSPS) is 20.6. The zero-order valence-electron chi connectivity index (χ0n) is 6.86. The first kappa shape index (κ1) is 10.3. The first-order chi connectivity index (χ1) is 5.99. The monoisotopic (exact) mass is 198 g/mol. The molecule has 0 saturated carbocycles. The summed E-state index contributed by atoms with van der Waals surface area (Å²) in [5.41, 5.74) is 0. The van der Waals surface area contributed by atoms with Gasteiger partial charge in [0.05, 0.1) is 6.08 Å². The molecule has 0 unspecified atom stereocenters. The number of rotatable bonds is 1. The molecule has 0 aromatic heterocycles. The molecule has 0 bridgehead atoms. The van der Waals surface area contributed by atoms with Crippen LogP contribution in [-0.4, -0.2) is 37.3 Å². The lowest BCUT2D eigenvalue weighted by molar-refractivity contribution is -0.0830. The molecule has 1 N–H and O–H groups in total. The van der Waals surface area contributed by atoms with E-state index in [9.17, 15) is 17.6 Å². The van der Waals surface area contributed by atoms with Crippen molar-refractivity contribution in [2.24, 2.45) is 0 Å². The van der Waals surface area contributed by atoms with Crippen LogP contribution in [0.5, 0.6) is 0 Å². The summed E-state index contributed by atoms with van der Waals surface area (Å²) in [6.45, 7) is 1.58. The summed E-state index contributed by atoms with van der Waals surface area (Å²) >= 11 is 0. The molecule has 1 fully saturated rings. The summed E-state index contributed by atoms with van der Waals surface area (Å²) in [6.07, 6.45) is -4.88. The molecule has 0 spiro atoms. The van der Waals surface area contributed by atoms with Crippen molar-refractivity contribution in [3.63, 3.8) is 0 Å². The zero-order valence-corrected chi connectivity index (χ0v) is 6.86. The second kappa shape index (κ2) is 3.95. The van der Waals surface area contributed by atoms with Crippen LogP contribution in [0.1, 0.15) is 0 Å². The number of nitrogens with zero attached hydrogens (tertiary/aromatic N) is 1. The molecule has 6 heteroatoms. The quantitative estimate of drug-likeness (QED) is 0.504. The highest BCUT2D eigenvalue weighted by Crippen LogP contribution is 2.20. The van der Waals surface area contributed by atoms with Crippen LogP contribution < -0.4 is 5.32 Å². The van der Waals surface area contributed by atoms with E-state index in [1.165, 1.54) is 0 Å². The van der Waals surface area contributed by atoms with Crippen molar-refractivity contribution in [3.8, 4) is 0 Å². The fraction of sp³-hybridized carbons (Fsp3) is 0.714. The van der Waals surface area contributed by atoms with Gasteiger partial charge in [-0.05, 0) is 0 Å². The van der Waals surface area contributed by atoms with Crippen LogP contribution >= 0.6 is 0 Å². The van der Waals surface area contributed by atoms with E-state index >= 15 is 0 Å². The predicted molar refractivity (Wildman–Crippen MR) is 39.7 cm³/mol. The van der Waals surface area contributed by atoms with Crippen molar-refractivity contribution in [2.75, 3.05) is 26.2 Å². The minimum Gasteiger partial charge on any atom is -0.346 e. The molecule has 0 aromatic carbocycles. The van der Waals surface area contributed by atoms with Gasteiger partial charge in [-0.3, -0.25) is 0 Å². The van der Waals surface area contributed by atoms with E-state index in [2.05, 4.69) is 5.32 Å². The van der Waals surface area contributed by atoms with Gasteiger partial charge in [-0.25, -0.2) is 0 Å². The lowest BCUT2D eigenvalue weighted by Gasteiger charge is -2.27. The lowest BCUT2D eigenvalue weighted by atomic mass is 10.4. The number of allylic oxidation sites excluding steroid dienone is 1. The highest BCUT2D eigenvalue weighted by molar-refractivity contribution is 4.97. The van der Waals surface area contributed by atoms with E-state index in [4.69, 9.17) is 0 Å². The molecule has 2 nitrogen and oxygen atoms in total. The molecule has 1 heterocycles. The fourth-order valence-corrected chi connectivity index (χ4v) is 1.10. The van der Waals surface area contributed by atoms with Crippen molar-refractivity contribution >= 4 is 0 Å². The lowest BCUT2D eigenvalue weighted by Crippen LogP contribution is -2.42. The molecule has 1 saturated heterocycles. The van der Waals surface area contributed by atoms with Crippen molar-refractivity contribution in [1.82, 2.24) is 10.2 Å². The van der Waals surface area contributed by atoms with E-state index in [1.54, 1.807) is 0 Å². The highest BCUT2D eigenvalue weighted by atomic mass is 19.4. The van der Waals surface area contributed by atoms with Gasteiger partial charge in [0.1, 0.15) is 0 Å². The summed E-state index contributed by atoms with van der Waals surface area (Å²) in [5.74, 6) is -1.20. The molecule has 0 aromatic rings. The molecular weight excluding hydrogens is 188 g/mol. The Kier molecular flexibility index (Phi) is 3.13. The topological polar surface area (TPSA) is 15.3 Å². The molecule has 0 radical (unpaired) electrons. The Bertz CT molecular complexity index is 193. The van der Waals surface area contributed by atoms with Gasteiger partial charge in [-0.15, -0.1) is 0 Å². The van der Waals surface area contributed by atoms with E-state index in [0.29, 0.717) is 13.1 Å². The molecule has 1 aliphatic heterocycles. The van der Waals surface area contributed by atoms with Crippen molar-refractivity contribution in [1.29, 1.82) is 0 Å². The third-order valence-electron chi connectivity index (χ3n) is 1.70. The number of hydrogen-bond acceptors (Lipinski definition) is 2. The third kappa shape index (κ3) is 3.63. The number of nitrogens with one attached hydrogen (secondary N) is 1. The molecule has 13 heavy (non-hydrogen) atoms. The average Bonchev–Trinajstić information content (AvgIpc) is 2.03. The van der Waals surface area contributed by atoms with Crippen LogP contribution in [0.2, 0.25) is 0 Å². The molecule has 0 aliphatic carbocycles. The Morgan fingerprint density at radius 2 is 1.77 bits per heavy atom. The number of alkyl halides is 3. The van der Waals surface area contributed by atoms with Crippen LogP contribution in [0.15, 0.2) is 12.0 Å². The zero-order chi connectivity index (χ0) is 9.90. The Morgan fingerprint density at radius 1 is 1.23 bits per heavy atom. The number of piperazine rings is 1. The summed E-state index contributed by atoms with van der Waals surface area (Å²) in [6, 6.07) is 0. The van der Waals surface area contributed by atoms with E-state index in [1.807, 2.05) is 0 Å². The molecule has 76 valence electrons. The van der Waals surface area contributed by atoms with Crippen molar-refractivity contribution in [2.45, 2.75) is 6.18 Å². The second-order valence-corrected chi connectivity index (χ2v) is 2.75. The third-order valence-corrected chi connectivity index (χ3v) is 1.70. The molecule has 0 atom stereocenters. The summed E-state index contributed by atoms with van der Waals surface area (Å²) in [5, 5.41) is 2.92. The standard InChI is InChI=1S/C7H10F4N2/c8-6(5-7(9,10)11)13-3-1-12-2-4-13/h5,12H,1-4H2.